The Morgan fingerprint density at radius 3 is 2.55 bits per heavy atom. The van der Waals surface area contributed by atoms with Crippen LogP contribution in [0.25, 0.3) is 11.4 Å². The maximum Gasteiger partial charge on any atom is 0.128 e. The lowest BCUT2D eigenvalue weighted by molar-refractivity contribution is 0.219. The molecule has 0 bridgehead atoms. The lowest BCUT2D eigenvalue weighted by atomic mass is 9.97. The quantitative estimate of drug-likeness (QED) is 0.228. The maximum atomic E-state index is 13.2. The highest BCUT2D eigenvalue weighted by molar-refractivity contribution is 7.94. The first-order chi connectivity index (χ1) is 18.3. The number of rotatable bonds is 9. The largest absolute Gasteiger partial charge is 0.508 e. The maximum absolute atomic E-state index is 13.2. The van der Waals surface area contributed by atoms with E-state index in [0.29, 0.717) is 16.6 Å². The molecule has 4 rings (SSSR count). The van der Waals surface area contributed by atoms with E-state index < -0.39 is 0 Å². The van der Waals surface area contributed by atoms with Gasteiger partial charge in [0, 0.05) is 6.54 Å². The third-order valence-electron chi connectivity index (χ3n) is 6.78. The molecule has 0 atom stereocenters. The van der Waals surface area contributed by atoms with Gasteiger partial charge in [-0.15, -0.1) is 6.58 Å². The van der Waals surface area contributed by atoms with E-state index in [9.17, 15) is 3.89 Å². The molecule has 2 aromatic carbocycles. The topological polar surface area (TPSA) is 53.3 Å². The Morgan fingerprint density at radius 2 is 1.92 bits per heavy atom. The van der Waals surface area contributed by atoms with Crippen molar-refractivity contribution in [3.63, 3.8) is 0 Å². The van der Waals surface area contributed by atoms with Gasteiger partial charge in [-0.05, 0) is 99.6 Å². The number of allylic oxidation sites excluding steroid dienone is 3. The van der Waals surface area contributed by atoms with Gasteiger partial charge in [-0.2, -0.15) is 8.98 Å². The minimum absolute atomic E-state index is 0.231. The summed E-state index contributed by atoms with van der Waals surface area (Å²) in [4.78, 5) is 2.91. The van der Waals surface area contributed by atoms with Gasteiger partial charge in [0.05, 0.1) is 28.9 Å². The van der Waals surface area contributed by atoms with Crippen molar-refractivity contribution in [3.05, 3.63) is 102 Å². The number of phenols is 1. The molecule has 5 nitrogen and oxygen atoms in total. The Labute approximate surface area is 231 Å². The standard InChI is InChI=1S/C22H29FN4S.C9H10O/c1-16-7-5-6-8-20(16)17(2)13-22(27-18(3)21(28-23)15-25-27)24-14-19-9-11-26(4)12-10-19;1-2-4-8-5-3-6-9(10)7-8/h5-8,13,15,19,24H,2,9-12,14H2,1,3-4H3;2-3,5-7,10H,1,4H2/b22-13-;. The van der Waals surface area contributed by atoms with Crippen LogP contribution in [0.15, 0.2) is 84.9 Å². The molecule has 7 heteroatoms. The van der Waals surface area contributed by atoms with Crippen LogP contribution in [0.2, 0.25) is 0 Å². The molecule has 2 N–H and O–H groups in total. The third kappa shape index (κ3) is 8.36. The first kappa shape index (κ1) is 29.3. The van der Waals surface area contributed by atoms with E-state index in [1.54, 1.807) is 23.0 Å². The molecule has 0 aliphatic carbocycles. The van der Waals surface area contributed by atoms with Gasteiger partial charge in [-0.3, -0.25) is 0 Å². The lowest BCUT2D eigenvalue weighted by Crippen LogP contribution is -2.35. The number of aryl methyl sites for hydroxylation is 1. The van der Waals surface area contributed by atoms with Gasteiger partial charge in [-0.25, -0.2) is 4.68 Å². The Kier molecular flexibility index (Phi) is 11.2. The Balaban J connectivity index is 0.000000336. The van der Waals surface area contributed by atoms with Gasteiger partial charge >= 0.3 is 0 Å². The summed E-state index contributed by atoms with van der Waals surface area (Å²) in [6.45, 7) is 15.0. The van der Waals surface area contributed by atoms with Crippen LogP contribution in [0, 0.1) is 19.8 Å². The molecule has 1 aromatic heterocycles. The second-order valence-electron chi connectivity index (χ2n) is 9.74. The van der Waals surface area contributed by atoms with Crippen molar-refractivity contribution in [2.24, 2.45) is 5.92 Å². The monoisotopic (exact) mass is 534 g/mol. The molecule has 202 valence electrons. The summed E-state index contributed by atoms with van der Waals surface area (Å²) >= 11 is 0.231. The fraction of sp³-hybridized carbons (Fsp3) is 0.323. The Hall–Kier alpha value is -3.29. The van der Waals surface area contributed by atoms with Crippen molar-refractivity contribution in [1.29, 1.82) is 0 Å². The normalized spacial score (nSPS) is 14.5. The van der Waals surface area contributed by atoms with Crippen molar-refractivity contribution < 1.29 is 8.99 Å². The molecule has 1 fully saturated rings. The number of aromatic hydroxyl groups is 1. The van der Waals surface area contributed by atoms with Crippen LogP contribution in [0.4, 0.5) is 3.89 Å². The van der Waals surface area contributed by atoms with Crippen molar-refractivity contribution in [2.45, 2.75) is 38.0 Å². The van der Waals surface area contributed by atoms with Crippen LogP contribution >= 0.6 is 12.1 Å². The first-order valence-corrected chi connectivity index (χ1v) is 13.7. The van der Waals surface area contributed by atoms with Gasteiger partial charge < -0.3 is 15.3 Å². The number of hydrogen-bond acceptors (Lipinski definition) is 5. The van der Waals surface area contributed by atoms with Crippen molar-refractivity contribution in [1.82, 2.24) is 20.0 Å². The van der Waals surface area contributed by atoms with Crippen LogP contribution in [0.1, 0.15) is 35.2 Å². The summed E-state index contributed by atoms with van der Waals surface area (Å²) in [7, 11) is 2.17. The van der Waals surface area contributed by atoms with E-state index in [-0.39, 0.29) is 12.1 Å². The number of halogens is 1. The van der Waals surface area contributed by atoms with Gasteiger partial charge in [0.15, 0.2) is 0 Å². The van der Waals surface area contributed by atoms with Crippen molar-refractivity contribution >= 4 is 23.5 Å². The average molecular weight is 535 g/mol. The summed E-state index contributed by atoms with van der Waals surface area (Å²) in [6.07, 6.45) is 8.58. The number of hydrogen-bond donors (Lipinski definition) is 2. The van der Waals surface area contributed by atoms with Crippen LogP contribution in [0.3, 0.4) is 0 Å². The second kappa shape index (κ2) is 14.6. The van der Waals surface area contributed by atoms with Crippen LogP contribution in [0.5, 0.6) is 5.75 Å². The number of likely N-dealkylation sites (tertiary alicyclic amines) is 1. The number of phenolic OH excluding ortho intramolecular Hbond substituents is 1. The molecular weight excluding hydrogens is 495 g/mol. The lowest BCUT2D eigenvalue weighted by Gasteiger charge is -2.29. The number of piperidine rings is 1. The zero-order chi connectivity index (χ0) is 27.5. The van der Waals surface area contributed by atoms with Crippen molar-refractivity contribution in [2.75, 3.05) is 26.7 Å². The first-order valence-electron chi connectivity index (χ1n) is 12.9. The van der Waals surface area contributed by atoms with Crippen LogP contribution in [-0.2, 0) is 6.42 Å². The van der Waals surface area contributed by atoms with E-state index in [4.69, 9.17) is 5.11 Å². The summed E-state index contributed by atoms with van der Waals surface area (Å²) in [5, 5.41) is 17.0. The number of nitrogens with zero attached hydrogens (tertiary/aromatic N) is 3. The molecule has 0 spiro atoms. The number of nitrogens with one attached hydrogen (secondary N) is 1. The Bertz CT molecular complexity index is 1240. The molecule has 1 aliphatic rings. The highest BCUT2D eigenvalue weighted by atomic mass is 32.2. The van der Waals surface area contributed by atoms with Crippen LogP contribution in [-0.4, -0.2) is 46.5 Å². The van der Waals surface area contributed by atoms with Gasteiger partial charge in [0.25, 0.3) is 0 Å². The van der Waals surface area contributed by atoms with Gasteiger partial charge in [0.2, 0.25) is 0 Å². The van der Waals surface area contributed by atoms with Crippen LogP contribution < -0.4 is 5.32 Å². The highest BCUT2D eigenvalue weighted by Gasteiger charge is 2.18. The second-order valence-corrected chi connectivity index (χ2v) is 10.3. The molecule has 3 aromatic rings. The average Bonchev–Trinajstić information content (AvgIpc) is 3.28. The summed E-state index contributed by atoms with van der Waals surface area (Å²) in [5.41, 5.74) is 5.07. The predicted molar refractivity (Wildman–Crippen MR) is 159 cm³/mol. The third-order valence-corrected chi connectivity index (χ3v) is 7.35. The molecule has 0 radical (unpaired) electrons. The zero-order valence-electron chi connectivity index (χ0n) is 22.7. The summed E-state index contributed by atoms with van der Waals surface area (Å²) < 4.78 is 14.9. The van der Waals surface area contributed by atoms with E-state index in [2.05, 4.69) is 54.6 Å². The molecule has 0 amide bonds. The predicted octanol–water partition coefficient (Wildman–Crippen LogP) is 7.04. The van der Waals surface area contributed by atoms with E-state index in [1.165, 1.54) is 18.4 Å². The minimum atomic E-state index is 0.231. The highest BCUT2D eigenvalue weighted by Crippen LogP contribution is 2.26. The molecule has 1 saturated heterocycles. The summed E-state index contributed by atoms with van der Waals surface area (Å²) in [6, 6.07) is 15.4. The molecule has 38 heavy (non-hydrogen) atoms. The molecule has 1 aliphatic heterocycles. The smallest absolute Gasteiger partial charge is 0.128 e. The SMILES string of the molecule is C=C(/C=C(/NCC1CCN(C)CC1)n1ncc(SF)c1C)c1ccccc1C.C=CCc1cccc(O)c1. The zero-order valence-corrected chi connectivity index (χ0v) is 23.5. The minimum Gasteiger partial charge on any atom is -0.508 e. The fourth-order valence-corrected chi connectivity index (χ4v) is 4.73. The van der Waals surface area contributed by atoms with Crippen molar-refractivity contribution in [3.8, 4) is 5.75 Å². The van der Waals surface area contributed by atoms with Gasteiger partial charge in [0.1, 0.15) is 11.6 Å². The molecule has 0 saturated carbocycles. The fourth-order valence-electron chi connectivity index (χ4n) is 4.44. The summed E-state index contributed by atoms with van der Waals surface area (Å²) in [5.74, 6) is 1.78. The number of benzene rings is 2. The molecular formula is C31H39FN4OS. The molecule has 2 heterocycles. The number of aromatic nitrogens is 2. The Morgan fingerprint density at radius 1 is 1.18 bits per heavy atom. The molecule has 0 unspecified atom stereocenters. The van der Waals surface area contributed by atoms with Gasteiger partial charge in [-0.1, -0.05) is 49.1 Å². The van der Waals surface area contributed by atoms with E-state index in [0.717, 1.165) is 54.3 Å². The van der Waals surface area contributed by atoms with E-state index in [1.807, 2.05) is 43.3 Å². The van der Waals surface area contributed by atoms with E-state index >= 15 is 0 Å².